The van der Waals surface area contributed by atoms with E-state index in [0.29, 0.717) is 5.82 Å². The molecule has 28 heavy (non-hydrogen) atoms. The Morgan fingerprint density at radius 2 is 1.68 bits per heavy atom. The Hall–Kier alpha value is -3.62. The van der Waals surface area contributed by atoms with E-state index >= 15 is 0 Å². The highest BCUT2D eigenvalue weighted by Crippen LogP contribution is 2.17. The molecule has 0 atom stereocenters. The van der Waals surface area contributed by atoms with Gasteiger partial charge in [-0.25, -0.2) is 14.4 Å². The molecule has 1 amide bonds. The summed E-state index contributed by atoms with van der Waals surface area (Å²) in [6, 6.07) is 10.8. The second kappa shape index (κ2) is 7.95. The number of halogens is 1. The van der Waals surface area contributed by atoms with Crippen molar-refractivity contribution >= 4 is 23.5 Å². The van der Waals surface area contributed by atoms with Gasteiger partial charge in [0, 0.05) is 44.1 Å². The lowest BCUT2D eigenvalue weighted by atomic mass is 10.2. The molecule has 1 saturated heterocycles. The van der Waals surface area contributed by atoms with E-state index in [1.54, 1.807) is 24.5 Å². The Labute approximate surface area is 161 Å². The van der Waals surface area contributed by atoms with Crippen LogP contribution in [0.1, 0.15) is 10.4 Å². The number of carbonyl (C=O) groups excluding carboxylic acids is 1. The monoisotopic (exact) mass is 379 g/mol. The molecule has 9 heteroatoms. The summed E-state index contributed by atoms with van der Waals surface area (Å²) >= 11 is 0. The van der Waals surface area contributed by atoms with Crippen molar-refractivity contribution in [3.63, 3.8) is 0 Å². The van der Waals surface area contributed by atoms with Gasteiger partial charge in [-0.15, -0.1) is 10.2 Å². The summed E-state index contributed by atoms with van der Waals surface area (Å²) in [5, 5.41) is 10.9. The van der Waals surface area contributed by atoms with Crippen LogP contribution < -0.4 is 15.1 Å². The van der Waals surface area contributed by atoms with Gasteiger partial charge in [0.25, 0.3) is 5.91 Å². The molecule has 142 valence electrons. The lowest BCUT2D eigenvalue weighted by molar-refractivity contribution is 0.102. The maximum atomic E-state index is 13.2. The van der Waals surface area contributed by atoms with Crippen LogP contribution in [0.4, 0.5) is 22.0 Å². The topological polar surface area (TPSA) is 87.1 Å². The van der Waals surface area contributed by atoms with Crippen LogP contribution in [0, 0.1) is 5.82 Å². The van der Waals surface area contributed by atoms with Crippen LogP contribution in [-0.4, -0.2) is 52.3 Å². The maximum absolute atomic E-state index is 13.2. The Balaban J connectivity index is 1.35. The van der Waals surface area contributed by atoms with E-state index in [0.717, 1.165) is 37.9 Å². The quantitative estimate of drug-likeness (QED) is 0.742. The zero-order valence-corrected chi connectivity index (χ0v) is 15.0. The molecule has 2 aromatic heterocycles. The number of piperazine rings is 1. The predicted octanol–water partition coefficient (Wildman–Crippen LogP) is 1.98. The second-order valence-corrected chi connectivity index (χ2v) is 6.26. The largest absolute Gasteiger partial charge is 0.352 e. The lowest BCUT2D eigenvalue weighted by Crippen LogP contribution is -2.47. The molecule has 0 saturated carbocycles. The standard InChI is InChI=1S/C19H18FN7O/c20-15-4-1-3-14(13-15)18(28)23-16-5-6-17(25-24-16)26-9-11-27(12-10-26)19-21-7-2-8-22-19/h1-8,13H,9-12H2,(H,23,24,28). The van der Waals surface area contributed by atoms with E-state index in [2.05, 4.69) is 35.3 Å². The molecule has 8 nitrogen and oxygen atoms in total. The molecule has 0 unspecified atom stereocenters. The summed E-state index contributed by atoms with van der Waals surface area (Å²) in [7, 11) is 0. The fourth-order valence-electron chi connectivity index (χ4n) is 2.97. The Morgan fingerprint density at radius 3 is 2.36 bits per heavy atom. The van der Waals surface area contributed by atoms with Gasteiger partial charge in [-0.2, -0.15) is 0 Å². The molecule has 0 bridgehead atoms. The number of aromatic nitrogens is 4. The van der Waals surface area contributed by atoms with Crippen LogP contribution in [0.2, 0.25) is 0 Å². The normalized spacial score (nSPS) is 14.0. The van der Waals surface area contributed by atoms with E-state index < -0.39 is 11.7 Å². The summed E-state index contributed by atoms with van der Waals surface area (Å²) < 4.78 is 13.2. The van der Waals surface area contributed by atoms with Crippen molar-refractivity contribution < 1.29 is 9.18 Å². The molecule has 0 spiro atoms. The third kappa shape index (κ3) is 4.03. The van der Waals surface area contributed by atoms with Crippen molar-refractivity contribution in [3.8, 4) is 0 Å². The zero-order chi connectivity index (χ0) is 19.3. The van der Waals surface area contributed by atoms with Crippen LogP contribution >= 0.6 is 0 Å². The van der Waals surface area contributed by atoms with Crippen molar-refractivity contribution in [2.24, 2.45) is 0 Å². The van der Waals surface area contributed by atoms with Gasteiger partial charge in [-0.05, 0) is 36.4 Å². The number of nitrogens with zero attached hydrogens (tertiary/aromatic N) is 6. The summed E-state index contributed by atoms with van der Waals surface area (Å²) in [6.45, 7) is 3.09. The molecule has 0 radical (unpaired) electrons. The van der Waals surface area contributed by atoms with Crippen LogP contribution in [0.15, 0.2) is 54.9 Å². The third-order valence-electron chi connectivity index (χ3n) is 4.42. The van der Waals surface area contributed by atoms with Crippen molar-refractivity contribution in [1.29, 1.82) is 0 Å². The van der Waals surface area contributed by atoms with Gasteiger partial charge in [-0.3, -0.25) is 4.79 Å². The summed E-state index contributed by atoms with van der Waals surface area (Å²) in [5.74, 6) is 0.877. The van der Waals surface area contributed by atoms with Gasteiger partial charge in [0.2, 0.25) is 5.95 Å². The van der Waals surface area contributed by atoms with Crippen LogP contribution in [0.25, 0.3) is 0 Å². The van der Waals surface area contributed by atoms with E-state index in [9.17, 15) is 9.18 Å². The molecule has 1 fully saturated rings. The van der Waals surface area contributed by atoms with Crippen molar-refractivity contribution in [1.82, 2.24) is 20.2 Å². The number of rotatable bonds is 4. The van der Waals surface area contributed by atoms with E-state index in [1.807, 2.05) is 6.07 Å². The number of hydrogen-bond donors (Lipinski definition) is 1. The van der Waals surface area contributed by atoms with Crippen molar-refractivity contribution in [2.45, 2.75) is 0 Å². The first-order valence-corrected chi connectivity index (χ1v) is 8.86. The van der Waals surface area contributed by atoms with Crippen LogP contribution in [-0.2, 0) is 0 Å². The first-order valence-electron chi connectivity index (χ1n) is 8.86. The minimum atomic E-state index is -0.464. The van der Waals surface area contributed by atoms with E-state index in [4.69, 9.17) is 0 Å². The molecule has 1 N–H and O–H groups in total. The maximum Gasteiger partial charge on any atom is 0.256 e. The highest BCUT2D eigenvalue weighted by molar-refractivity contribution is 6.03. The molecular formula is C19H18FN7O. The predicted molar refractivity (Wildman–Crippen MR) is 103 cm³/mol. The smallest absolute Gasteiger partial charge is 0.256 e. The Bertz CT molecular complexity index is 944. The Kier molecular flexibility index (Phi) is 5.05. The highest BCUT2D eigenvalue weighted by atomic mass is 19.1. The first-order chi connectivity index (χ1) is 13.7. The number of amides is 1. The van der Waals surface area contributed by atoms with E-state index in [-0.39, 0.29) is 5.56 Å². The zero-order valence-electron chi connectivity index (χ0n) is 15.0. The first kappa shape index (κ1) is 17.8. The van der Waals surface area contributed by atoms with Gasteiger partial charge in [0.1, 0.15) is 5.82 Å². The summed E-state index contributed by atoms with van der Waals surface area (Å²) in [4.78, 5) is 24.9. The van der Waals surface area contributed by atoms with Crippen LogP contribution in [0.3, 0.4) is 0 Å². The number of benzene rings is 1. The molecule has 3 heterocycles. The molecule has 1 aliphatic heterocycles. The average Bonchev–Trinajstić information content (AvgIpc) is 2.75. The second-order valence-electron chi connectivity index (χ2n) is 6.26. The molecular weight excluding hydrogens is 361 g/mol. The van der Waals surface area contributed by atoms with Crippen molar-refractivity contribution in [3.05, 3.63) is 66.2 Å². The SMILES string of the molecule is O=C(Nc1ccc(N2CCN(c3ncccn3)CC2)nn1)c1cccc(F)c1. The average molecular weight is 379 g/mol. The number of anilines is 3. The molecule has 4 rings (SSSR count). The fourth-order valence-corrected chi connectivity index (χ4v) is 2.97. The number of carbonyl (C=O) groups is 1. The van der Waals surface area contributed by atoms with Gasteiger partial charge < -0.3 is 15.1 Å². The lowest BCUT2D eigenvalue weighted by Gasteiger charge is -2.35. The number of hydrogen-bond acceptors (Lipinski definition) is 7. The van der Waals surface area contributed by atoms with E-state index in [1.165, 1.54) is 24.3 Å². The van der Waals surface area contributed by atoms with Gasteiger partial charge >= 0.3 is 0 Å². The third-order valence-corrected chi connectivity index (χ3v) is 4.42. The Morgan fingerprint density at radius 1 is 0.929 bits per heavy atom. The highest BCUT2D eigenvalue weighted by Gasteiger charge is 2.20. The molecule has 3 aromatic rings. The van der Waals surface area contributed by atoms with Crippen molar-refractivity contribution in [2.75, 3.05) is 41.3 Å². The minimum absolute atomic E-state index is 0.227. The van der Waals surface area contributed by atoms with Crippen LogP contribution in [0.5, 0.6) is 0 Å². The van der Waals surface area contributed by atoms with Gasteiger partial charge in [0.15, 0.2) is 11.6 Å². The molecule has 1 aliphatic rings. The number of nitrogens with one attached hydrogen (secondary N) is 1. The van der Waals surface area contributed by atoms with Gasteiger partial charge in [0.05, 0.1) is 0 Å². The summed E-state index contributed by atoms with van der Waals surface area (Å²) in [6.07, 6.45) is 3.47. The molecule has 1 aromatic carbocycles. The minimum Gasteiger partial charge on any atom is -0.352 e. The fraction of sp³-hybridized carbons (Fsp3) is 0.211. The molecule has 0 aliphatic carbocycles. The summed E-state index contributed by atoms with van der Waals surface area (Å²) in [5.41, 5.74) is 0.227. The van der Waals surface area contributed by atoms with Gasteiger partial charge in [-0.1, -0.05) is 6.07 Å².